The van der Waals surface area contributed by atoms with Gasteiger partial charge in [-0.25, -0.2) is 4.98 Å². The van der Waals surface area contributed by atoms with Gasteiger partial charge in [0.25, 0.3) is 0 Å². The summed E-state index contributed by atoms with van der Waals surface area (Å²) in [7, 11) is 0. The number of imidazole rings is 1. The van der Waals surface area contributed by atoms with Crippen LogP contribution < -0.4 is 5.32 Å². The Morgan fingerprint density at radius 1 is 1.19 bits per heavy atom. The first-order valence-electron chi connectivity index (χ1n) is 11.0. The molecular formula is C25H30N4O2S. The van der Waals surface area contributed by atoms with Gasteiger partial charge in [-0.15, -0.1) is 0 Å². The largest absolute Gasteiger partial charge is 0.374 e. The van der Waals surface area contributed by atoms with Crippen LogP contribution in [0.1, 0.15) is 16.7 Å². The van der Waals surface area contributed by atoms with Gasteiger partial charge >= 0.3 is 0 Å². The highest BCUT2D eigenvalue weighted by Gasteiger charge is 2.21. The number of benzene rings is 2. The van der Waals surface area contributed by atoms with Crippen molar-refractivity contribution >= 4 is 17.7 Å². The third-order valence-corrected chi connectivity index (χ3v) is 6.74. The Labute approximate surface area is 194 Å². The summed E-state index contributed by atoms with van der Waals surface area (Å²) >= 11 is 1.45. The molecule has 7 heteroatoms. The maximum Gasteiger partial charge on any atom is 0.230 e. The number of morpholine rings is 1. The number of amides is 1. The number of thioether (sulfide) groups is 1. The normalized spacial score (nSPS) is 16.8. The highest BCUT2D eigenvalue weighted by molar-refractivity contribution is 7.99. The Kier molecular flexibility index (Phi) is 7.63. The maximum absolute atomic E-state index is 12.5. The standard InChI is InChI=1S/C25H30N4O2S/c1-19-7-6-10-23(20(19)2)29-12-11-26-25(29)32-18-24(30)27-15-22-17-28(13-14-31-22)16-21-8-4-3-5-9-21/h3-12,22H,13-18H2,1-2H3,(H,27,30). The molecule has 2 aromatic carbocycles. The van der Waals surface area contributed by atoms with Crippen LogP contribution in [0.25, 0.3) is 5.69 Å². The van der Waals surface area contributed by atoms with Crippen LogP contribution in [0.2, 0.25) is 0 Å². The second-order valence-corrected chi connectivity index (χ2v) is 9.05. The molecule has 1 saturated heterocycles. The van der Waals surface area contributed by atoms with Crippen molar-refractivity contribution in [2.45, 2.75) is 31.7 Å². The molecule has 1 aliphatic heterocycles. The Morgan fingerprint density at radius 2 is 2.03 bits per heavy atom. The highest BCUT2D eigenvalue weighted by Crippen LogP contribution is 2.24. The molecule has 6 nitrogen and oxygen atoms in total. The van der Waals surface area contributed by atoms with Crippen molar-refractivity contribution in [2.75, 3.05) is 32.0 Å². The fourth-order valence-electron chi connectivity index (χ4n) is 3.87. The molecule has 3 aromatic rings. The summed E-state index contributed by atoms with van der Waals surface area (Å²) in [6.45, 7) is 8.06. The number of rotatable bonds is 8. The van der Waals surface area contributed by atoms with E-state index in [1.54, 1.807) is 6.20 Å². The predicted molar refractivity (Wildman–Crippen MR) is 128 cm³/mol. The SMILES string of the molecule is Cc1cccc(-n2ccnc2SCC(=O)NCC2CN(Cc3ccccc3)CCO2)c1C. The van der Waals surface area contributed by atoms with E-state index < -0.39 is 0 Å². The zero-order valence-corrected chi connectivity index (χ0v) is 19.5. The number of hydrogen-bond donors (Lipinski definition) is 1. The van der Waals surface area contributed by atoms with Gasteiger partial charge in [-0.3, -0.25) is 14.3 Å². The first-order valence-corrected chi connectivity index (χ1v) is 12.0. The van der Waals surface area contributed by atoms with Gasteiger partial charge in [0.15, 0.2) is 5.16 Å². The molecule has 0 radical (unpaired) electrons. The van der Waals surface area contributed by atoms with Gasteiger partial charge in [0.1, 0.15) is 0 Å². The van der Waals surface area contributed by atoms with E-state index in [0.717, 1.165) is 30.5 Å². The highest BCUT2D eigenvalue weighted by atomic mass is 32.2. The molecule has 2 heterocycles. The molecular weight excluding hydrogens is 420 g/mol. The lowest BCUT2D eigenvalue weighted by atomic mass is 10.1. The monoisotopic (exact) mass is 450 g/mol. The van der Waals surface area contributed by atoms with E-state index in [0.29, 0.717) is 18.9 Å². The zero-order chi connectivity index (χ0) is 22.3. The molecule has 32 heavy (non-hydrogen) atoms. The van der Waals surface area contributed by atoms with E-state index in [-0.39, 0.29) is 12.0 Å². The van der Waals surface area contributed by atoms with Crippen molar-refractivity contribution in [3.05, 3.63) is 77.6 Å². The molecule has 0 spiro atoms. The molecule has 1 amide bonds. The summed E-state index contributed by atoms with van der Waals surface area (Å²) in [5, 5.41) is 3.85. The van der Waals surface area contributed by atoms with Crippen LogP contribution in [-0.2, 0) is 16.1 Å². The Hall–Kier alpha value is -2.61. The van der Waals surface area contributed by atoms with Gasteiger partial charge in [-0.2, -0.15) is 0 Å². The lowest BCUT2D eigenvalue weighted by Crippen LogP contribution is -2.47. The van der Waals surface area contributed by atoms with Crippen molar-refractivity contribution in [1.29, 1.82) is 0 Å². The van der Waals surface area contributed by atoms with Gasteiger partial charge in [-0.05, 0) is 36.6 Å². The summed E-state index contributed by atoms with van der Waals surface area (Å²) in [6, 6.07) is 16.7. The first-order chi connectivity index (χ1) is 15.6. The summed E-state index contributed by atoms with van der Waals surface area (Å²) in [5.41, 5.74) is 4.84. The quantitative estimate of drug-likeness (QED) is 0.532. The summed E-state index contributed by atoms with van der Waals surface area (Å²) in [5.74, 6) is 0.316. The average Bonchev–Trinajstić information content (AvgIpc) is 3.27. The number of ether oxygens (including phenoxy) is 1. The van der Waals surface area contributed by atoms with Crippen molar-refractivity contribution in [2.24, 2.45) is 0 Å². The van der Waals surface area contributed by atoms with Crippen molar-refractivity contribution in [1.82, 2.24) is 19.8 Å². The van der Waals surface area contributed by atoms with Crippen LogP contribution in [0.4, 0.5) is 0 Å². The Bertz CT molecular complexity index is 1040. The molecule has 0 bridgehead atoms. The van der Waals surface area contributed by atoms with Crippen LogP contribution >= 0.6 is 11.8 Å². The van der Waals surface area contributed by atoms with E-state index in [2.05, 4.69) is 65.4 Å². The van der Waals surface area contributed by atoms with Gasteiger partial charge in [0.05, 0.1) is 24.2 Å². The second kappa shape index (κ2) is 10.8. The third-order valence-electron chi connectivity index (χ3n) is 5.77. The van der Waals surface area contributed by atoms with Gasteiger partial charge in [0, 0.05) is 38.6 Å². The lowest BCUT2D eigenvalue weighted by Gasteiger charge is -2.33. The fourth-order valence-corrected chi connectivity index (χ4v) is 4.67. The number of nitrogens with zero attached hydrogens (tertiary/aromatic N) is 3. The first kappa shape index (κ1) is 22.6. The number of nitrogens with one attached hydrogen (secondary N) is 1. The lowest BCUT2D eigenvalue weighted by molar-refractivity contribution is -0.119. The second-order valence-electron chi connectivity index (χ2n) is 8.11. The number of aryl methyl sites for hydroxylation is 1. The van der Waals surface area contributed by atoms with Gasteiger partial charge < -0.3 is 10.1 Å². The molecule has 1 unspecified atom stereocenters. The van der Waals surface area contributed by atoms with Gasteiger partial charge in [0.2, 0.25) is 5.91 Å². The van der Waals surface area contributed by atoms with E-state index in [9.17, 15) is 4.79 Å². The summed E-state index contributed by atoms with van der Waals surface area (Å²) in [6.07, 6.45) is 3.73. The maximum atomic E-state index is 12.5. The predicted octanol–water partition coefficient (Wildman–Crippen LogP) is 3.60. The topological polar surface area (TPSA) is 59.4 Å². The molecule has 1 atom stereocenters. The minimum Gasteiger partial charge on any atom is -0.374 e. The van der Waals surface area contributed by atoms with E-state index >= 15 is 0 Å². The number of carbonyl (C=O) groups is 1. The molecule has 1 aliphatic rings. The van der Waals surface area contributed by atoms with Crippen molar-refractivity contribution in [3.8, 4) is 5.69 Å². The summed E-state index contributed by atoms with van der Waals surface area (Å²) in [4.78, 5) is 19.3. The Balaban J connectivity index is 1.25. The fraction of sp³-hybridized carbons (Fsp3) is 0.360. The van der Waals surface area contributed by atoms with E-state index in [1.165, 1.54) is 28.5 Å². The minimum atomic E-state index is -0.00528. The number of aromatic nitrogens is 2. The third kappa shape index (κ3) is 5.79. The zero-order valence-electron chi connectivity index (χ0n) is 18.7. The average molecular weight is 451 g/mol. The van der Waals surface area contributed by atoms with Crippen molar-refractivity contribution < 1.29 is 9.53 Å². The van der Waals surface area contributed by atoms with Crippen LogP contribution in [-0.4, -0.2) is 58.5 Å². The van der Waals surface area contributed by atoms with Crippen LogP contribution in [0.3, 0.4) is 0 Å². The van der Waals surface area contributed by atoms with Crippen molar-refractivity contribution in [3.63, 3.8) is 0 Å². The Morgan fingerprint density at radius 3 is 2.88 bits per heavy atom. The smallest absolute Gasteiger partial charge is 0.230 e. The summed E-state index contributed by atoms with van der Waals surface area (Å²) < 4.78 is 7.92. The van der Waals surface area contributed by atoms with Crippen LogP contribution in [0, 0.1) is 13.8 Å². The molecule has 0 aliphatic carbocycles. The van der Waals surface area contributed by atoms with Crippen LogP contribution in [0.5, 0.6) is 0 Å². The van der Waals surface area contributed by atoms with E-state index in [4.69, 9.17) is 4.74 Å². The molecule has 1 N–H and O–H groups in total. The minimum absolute atomic E-state index is 0.00528. The molecule has 0 saturated carbocycles. The van der Waals surface area contributed by atoms with Crippen LogP contribution in [0.15, 0.2) is 66.1 Å². The molecule has 1 aromatic heterocycles. The van der Waals surface area contributed by atoms with Gasteiger partial charge in [-0.1, -0.05) is 54.2 Å². The number of hydrogen-bond acceptors (Lipinski definition) is 5. The number of carbonyl (C=O) groups excluding carboxylic acids is 1. The molecule has 1 fully saturated rings. The molecule has 4 rings (SSSR count). The van der Waals surface area contributed by atoms with E-state index in [1.807, 2.05) is 22.9 Å². The molecule has 168 valence electrons.